The van der Waals surface area contributed by atoms with Crippen molar-refractivity contribution in [1.82, 2.24) is 10.3 Å². The van der Waals surface area contributed by atoms with Crippen LogP contribution >= 0.6 is 11.6 Å². The summed E-state index contributed by atoms with van der Waals surface area (Å²) in [5, 5.41) is 3.45. The topological polar surface area (TPSA) is 90.7 Å². The molecule has 34 heavy (non-hydrogen) atoms. The zero-order valence-electron chi connectivity index (χ0n) is 19.6. The lowest BCUT2D eigenvalue weighted by molar-refractivity contribution is -0.118. The predicted octanol–water partition coefficient (Wildman–Crippen LogP) is 4.71. The zero-order valence-corrected chi connectivity index (χ0v) is 21.1. The largest absolute Gasteiger partial charge is 0.490 e. The Hall–Kier alpha value is -2.84. The van der Waals surface area contributed by atoms with Gasteiger partial charge in [0.1, 0.15) is 11.5 Å². The molecule has 0 bridgehead atoms. The number of amides is 1. The highest BCUT2D eigenvalue weighted by Gasteiger charge is 2.16. The molecule has 1 heterocycles. The van der Waals surface area contributed by atoms with Crippen LogP contribution in [0.5, 0.6) is 11.5 Å². The van der Waals surface area contributed by atoms with Crippen LogP contribution in [0.15, 0.2) is 46.9 Å². The molecule has 0 aliphatic rings. The van der Waals surface area contributed by atoms with Crippen molar-refractivity contribution in [1.29, 1.82) is 0 Å². The van der Waals surface area contributed by atoms with Gasteiger partial charge in [-0.1, -0.05) is 17.7 Å². The highest BCUT2D eigenvalue weighted by Crippen LogP contribution is 2.28. The lowest BCUT2D eigenvalue weighted by atomic mass is 10.1. The van der Waals surface area contributed by atoms with E-state index < -0.39 is 10.8 Å². The minimum Gasteiger partial charge on any atom is -0.490 e. The molecule has 2 aromatic carbocycles. The Bertz CT molecular complexity index is 1130. The van der Waals surface area contributed by atoms with Crippen molar-refractivity contribution in [2.45, 2.75) is 32.9 Å². The molecular formula is C25H29ClN2O5S. The van der Waals surface area contributed by atoms with E-state index in [2.05, 4.69) is 10.3 Å². The number of carbonyl (C=O) groups excluding carboxylic acids is 1. The molecule has 9 heteroatoms. The molecule has 0 aliphatic heterocycles. The summed E-state index contributed by atoms with van der Waals surface area (Å²) in [7, 11) is -1.41. The average molecular weight is 505 g/mol. The fourth-order valence-electron chi connectivity index (χ4n) is 3.28. The monoisotopic (exact) mass is 504 g/mol. The van der Waals surface area contributed by atoms with Crippen LogP contribution in [0.25, 0.3) is 11.5 Å². The highest BCUT2D eigenvalue weighted by molar-refractivity contribution is 7.84. The van der Waals surface area contributed by atoms with Crippen LogP contribution < -0.4 is 14.8 Å². The summed E-state index contributed by atoms with van der Waals surface area (Å²) in [5.74, 6) is 2.19. The van der Waals surface area contributed by atoms with Crippen molar-refractivity contribution >= 4 is 28.3 Å². The predicted molar refractivity (Wildman–Crippen MR) is 134 cm³/mol. The third-order valence-electron chi connectivity index (χ3n) is 4.92. The third-order valence-corrected chi connectivity index (χ3v) is 6.35. The van der Waals surface area contributed by atoms with E-state index in [9.17, 15) is 9.00 Å². The Morgan fingerprint density at radius 3 is 2.50 bits per heavy atom. The molecule has 0 saturated carbocycles. The normalized spacial score (nSPS) is 11.8. The molecule has 0 radical (unpaired) electrons. The summed E-state index contributed by atoms with van der Waals surface area (Å²) in [6.45, 7) is 7.14. The standard InChI is InChI=1S/C25H29ClN2O5S/c1-4-31-22-11-6-18(14-23(22)32-5-2)12-13-27-24(29)16-34(30)15-21-17(3)33-25(28-21)19-7-9-20(26)10-8-19/h6-11,14H,4-5,12-13,15-16H2,1-3H3,(H,27,29). The number of halogens is 1. The van der Waals surface area contributed by atoms with E-state index in [1.54, 1.807) is 19.1 Å². The molecule has 0 spiro atoms. The van der Waals surface area contributed by atoms with Crippen LogP contribution in [0.1, 0.15) is 30.9 Å². The maximum absolute atomic E-state index is 12.5. The molecular weight excluding hydrogens is 476 g/mol. The molecule has 1 amide bonds. The molecule has 1 unspecified atom stereocenters. The van der Waals surface area contributed by atoms with Crippen molar-refractivity contribution in [2.24, 2.45) is 0 Å². The summed E-state index contributed by atoms with van der Waals surface area (Å²) < 4.78 is 29.5. The van der Waals surface area contributed by atoms with E-state index in [1.165, 1.54) is 0 Å². The van der Waals surface area contributed by atoms with Gasteiger partial charge >= 0.3 is 0 Å². The van der Waals surface area contributed by atoms with Gasteiger partial charge in [-0.2, -0.15) is 0 Å². The van der Waals surface area contributed by atoms with Gasteiger partial charge in [0.2, 0.25) is 11.8 Å². The van der Waals surface area contributed by atoms with E-state index in [1.807, 2.05) is 44.2 Å². The Morgan fingerprint density at radius 2 is 1.79 bits per heavy atom. The summed E-state index contributed by atoms with van der Waals surface area (Å²) >= 11 is 5.92. The number of carbonyl (C=O) groups is 1. The van der Waals surface area contributed by atoms with Crippen molar-refractivity contribution < 1.29 is 22.9 Å². The highest BCUT2D eigenvalue weighted by atomic mass is 35.5. The Balaban J connectivity index is 1.49. The molecule has 0 aliphatic carbocycles. The van der Waals surface area contributed by atoms with E-state index in [0.29, 0.717) is 60.0 Å². The van der Waals surface area contributed by atoms with Gasteiger partial charge in [-0.15, -0.1) is 0 Å². The lowest BCUT2D eigenvalue weighted by Crippen LogP contribution is -2.30. The molecule has 1 atom stereocenters. The van der Waals surface area contributed by atoms with Gasteiger partial charge < -0.3 is 19.2 Å². The maximum Gasteiger partial charge on any atom is 0.232 e. The van der Waals surface area contributed by atoms with Crippen molar-refractivity contribution in [2.75, 3.05) is 25.5 Å². The summed E-state index contributed by atoms with van der Waals surface area (Å²) in [4.78, 5) is 16.7. The van der Waals surface area contributed by atoms with Crippen molar-refractivity contribution in [3.05, 3.63) is 64.5 Å². The second kappa shape index (κ2) is 12.6. The van der Waals surface area contributed by atoms with E-state index in [0.717, 1.165) is 11.1 Å². The van der Waals surface area contributed by atoms with Crippen LogP contribution in [0.2, 0.25) is 5.02 Å². The number of nitrogens with zero attached hydrogens (tertiary/aromatic N) is 1. The van der Waals surface area contributed by atoms with Crippen molar-refractivity contribution in [3.8, 4) is 23.0 Å². The molecule has 1 aromatic heterocycles. The van der Waals surface area contributed by atoms with Gasteiger partial charge in [0.05, 0.1) is 24.7 Å². The van der Waals surface area contributed by atoms with Crippen LogP contribution in [-0.2, 0) is 27.8 Å². The van der Waals surface area contributed by atoms with Gasteiger partial charge in [0.15, 0.2) is 11.5 Å². The van der Waals surface area contributed by atoms with Gasteiger partial charge in [-0.05, 0) is 69.2 Å². The molecule has 0 saturated heterocycles. The second-order valence-electron chi connectivity index (χ2n) is 7.50. The molecule has 3 rings (SSSR count). The summed E-state index contributed by atoms with van der Waals surface area (Å²) in [6, 6.07) is 12.9. The Kier molecular flexibility index (Phi) is 9.53. The van der Waals surface area contributed by atoms with Crippen LogP contribution in [0, 0.1) is 6.92 Å². The first-order valence-electron chi connectivity index (χ1n) is 11.1. The van der Waals surface area contributed by atoms with E-state index in [4.69, 9.17) is 25.5 Å². The molecule has 0 fully saturated rings. The molecule has 1 N–H and O–H groups in total. The van der Waals surface area contributed by atoms with Gasteiger partial charge in [-0.25, -0.2) is 4.98 Å². The zero-order chi connectivity index (χ0) is 24.5. The average Bonchev–Trinajstić information content (AvgIpc) is 3.16. The SMILES string of the molecule is CCOc1ccc(CCNC(=O)CS(=O)Cc2nc(-c3ccc(Cl)cc3)oc2C)cc1OCC. The number of oxazole rings is 1. The Morgan fingerprint density at radius 1 is 1.09 bits per heavy atom. The second-order valence-corrected chi connectivity index (χ2v) is 9.40. The summed E-state index contributed by atoms with van der Waals surface area (Å²) in [5.41, 5.74) is 2.37. The van der Waals surface area contributed by atoms with Crippen LogP contribution in [-0.4, -0.2) is 40.6 Å². The van der Waals surface area contributed by atoms with Gasteiger partial charge in [0, 0.05) is 27.9 Å². The van der Waals surface area contributed by atoms with Crippen molar-refractivity contribution in [3.63, 3.8) is 0 Å². The molecule has 7 nitrogen and oxygen atoms in total. The lowest BCUT2D eigenvalue weighted by Gasteiger charge is -2.12. The fourth-order valence-corrected chi connectivity index (χ4v) is 4.47. The number of hydrogen-bond acceptors (Lipinski definition) is 6. The number of aryl methyl sites for hydroxylation is 1. The Labute approximate surface area is 207 Å². The third kappa shape index (κ3) is 7.33. The number of ether oxygens (including phenoxy) is 2. The number of aromatic nitrogens is 1. The van der Waals surface area contributed by atoms with E-state index in [-0.39, 0.29) is 17.4 Å². The number of hydrogen-bond donors (Lipinski definition) is 1. The minimum absolute atomic E-state index is 0.101. The minimum atomic E-state index is -1.41. The number of rotatable bonds is 12. The van der Waals surface area contributed by atoms with Crippen LogP contribution in [0.4, 0.5) is 0 Å². The number of nitrogens with one attached hydrogen (secondary N) is 1. The first kappa shape index (κ1) is 25.8. The molecule has 3 aromatic rings. The van der Waals surface area contributed by atoms with Crippen LogP contribution in [0.3, 0.4) is 0 Å². The fraction of sp³-hybridized carbons (Fsp3) is 0.360. The first-order valence-corrected chi connectivity index (χ1v) is 13.0. The van der Waals surface area contributed by atoms with Gasteiger partial charge in [-0.3, -0.25) is 9.00 Å². The molecule has 182 valence electrons. The number of benzene rings is 2. The smallest absolute Gasteiger partial charge is 0.232 e. The first-order chi connectivity index (χ1) is 16.4. The van der Waals surface area contributed by atoms with Gasteiger partial charge in [0.25, 0.3) is 0 Å². The maximum atomic E-state index is 12.5. The quantitative estimate of drug-likeness (QED) is 0.384. The van der Waals surface area contributed by atoms with E-state index >= 15 is 0 Å². The summed E-state index contributed by atoms with van der Waals surface area (Å²) in [6.07, 6.45) is 0.623.